The standard InChI is InChI=1S/C14H13ClO5/c1-7-4-13(16)20-11-6-12(10(15)5-9(7)11)19-8(2)14(17)18-3/h4-6,8H,1-3H3. The monoisotopic (exact) mass is 296 g/mol. The van der Waals surface area contributed by atoms with Gasteiger partial charge < -0.3 is 13.9 Å². The summed E-state index contributed by atoms with van der Waals surface area (Å²) in [6.45, 7) is 3.33. The van der Waals surface area contributed by atoms with Gasteiger partial charge in [-0.1, -0.05) is 11.6 Å². The molecule has 106 valence electrons. The molecule has 0 amide bonds. The van der Waals surface area contributed by atoms with Crippen molar-refractivity contribution in [2.24, 2.45) is 0 Å². The maximum absolute atomic E-state index is 11.4. The number of ether oxygens (including phenoxy) is 2. The molecular weight excluding hydrogens is 284 g/mol. The van der Waals surface area contributed by atoms with E-state index in [0.29, 0.717) is 16.0 Å². The molecule has 2 aromatic rings. The third-order valence-corrected chi connectivity index (χ3v) is 3.14. The molecule has 6 heteroatoms. The molecule has 1 unspecified atom stereocenters. The number of hydrogen-bond donors (Lipinski definition) is 0. The third-order valence-electron chi connectivity index (χ3n) is 2.84. The predicted octanol–water partition coefficient (Wildman–Crippen LogP) is 2.70. The number of esters is 1. The van der Waals surface area contributed by atoms with Crippen molar-refractivity contribution in [1.29, 1.82) is 0 Å². The second-order valence-corrected chi connectivity index (χ2v) is 4.72. The van der Waals surface area contributed by atoms with Crippen LogP contribution < -0.4 is 10.4 Å². The van der Waals surface area contributed by atoms with Gasteiger partial charge in [0.15, 0.2) is 6.10 Å². The Kier molecular flexibility index (Phi) is 3.99. The molecule has 0 aliphatic carbocycles. The molecule has 1 heterocycles. The summed E-state index contributed by atoms with van der Waals surface area (Å²) >= 11 is 6.11. The SMILES string of the molecule is COC(=O)C(C)Oc1cc2oc(=O)cc(C)c2cc1Cl. The number of carbonyl (C=O) groups excluding carboxylic acids is 1. The van der Waals surface area contributed by atoms with Gasteiger partial charge in [-0.2, -0.15) is 0 Å². The van der Waals surface area contributed by atoms with E-state index in [1.165, 1.54) is 19.2 Å². The van der Waals surface area contributed by atoms with Crippen molar-refractivity contribution in [3.05, 3.63) is 39.2 Å². The van der Waals surface area contributed by atoms with Crippen LogP contribution in [0.4, 0.5) is 0 Å². The lowest BCUT2D eigenvalue weighted by molar-refractivity contribution is -0.147. The second-order valence-electron chi connectivity index (χ2n) is 4.31. The Labute approximate surface area is 120 Å². The van der Waals surface area contributed by atoms with Crippen molar-refractivity contribution in [2.45, 2.75) is 20.0 Å². The maximum Gasteiger partial charge on any atom is 0.346 e. The molecule has 0 fully saturated rings. The third kappa shape index (κ3) is 2.77. The van der Waals surface area contributed by atoms with Crippen LogP contribution in [0.15, 0.2) is 27.4 Å². The first-order chi connectivity index (χ1) is 9.42. The fourth-order valence-electron chi connectivity index (χ4n) is 1.81. The average Bonchev–Trinajstić information content (AvgIpc) is 2.39. The van der Waals surface area contributed by atoms with Crippen LogP contribution in [0, 0.1) is 6.92 Å². The summed E-state index contributed by atoms with van der Waals surface area (Å²) in [6, 6.07) is 4.51. The fourth-order valence-corrected chi connectivity index (χ4v) is 2.02. The highest BCUT2D eigenvalue weighted by atomic mass is 35.5. The Morgan fingerprint density at radius 1 is 1.35 bits per heavy atom. The Bertz CT molecular complexity index is 719. The number of carbonyl (C=O) groups is 1. The first-order valence-corrected chi connectivity index (χ1v) is 6.28. The van der Waals surface area contributed by atoms with E-state index in [9.17, 15) is 9.59 Å². The molecule has 1 atom stereocenters. The van der Waals surface area contributed by atoms with Crippen LogP contribution in [-0.2, 0) is 9.53 Å². The molecule has 0 bridgehead atoms. The van der Waals surface area contributed by atoms with E-state index in [-0.39, 0.29) is 5.75 Å². The van der Waals surface area contributed by atoms with Gasteiger partial charge in [0.25, 0.3) is 0 Å². The Balaban J connectivity index is 2.47. The van der Waals surface area contributed by atoms with E-state index in [4.69, 9.17) is 20.8 Å². The van der Waals surface area contributed by atoms with E-state index in [2.05, 4.69) is 4.74 Å². The van der Waals surface area contributed by atoms with E-state index >= 15 is 0 Å². The van der Waals surface area contributed by atoms with Crippen LogP contribution in [-0.4, -0.2) is 19.2 Å². The van der Waals surface area contributed by atoms with Gasteiger partial charge in [0, 0.05) is 17.5 Å². The lowest BCUT2D eigenvalue weighted by Crippen LogP contribution is -2.25. The molecule has 2 rings (SSSR count). The fraction of sp³-hybridized carbons (Fsp3) is 0.286. The Hall–Kier alpha value is -2.01. The number of rotatable bonds is 3. The van der Waals surface area contributed by atoms with E-state index in [1.54, 1.807) is 19.9 Å². The maximum atomic E-state index is 11.4. The lowest BCUT2D eigenvalue weighted by atomic mass is 10.1. The van der Waals surface area contributed by atoms with Gasteiger partial charge in [-0.15, -0.1) is 0 Å². The van der Waals surface area contributed by atoms with Crippen molar-refractivity contribution >= 4 is 28.5 Å². The number of hydrogen-bond acceptors (Lipinski definition) is 5. The van der Waals surface area contributed by atoms with Gasteiger partial charge in [-0.25, -0.2) is 9.59 Å². The first kappa shape index (κ1) is 14.4. The quantitative estimate of drug-likeness (QED) is 0.643. The summed E-state index contributed by atoms with van der Waals surface area (Å²) in [5, 5.41) is 1.04. The van der Waals surface area contributed by atoms with Gasteiger partial charge in [0.2, 0.25) is 0 Å². The van der Waals surface area contributed by atoms with Crippen molar-refractivity contribution in [1.82, 2.24) is 0 Å². The van der Waals surface area contributed by atoms with E-state index in [0.717, 1.165) is 5.56 Å². The number of methoxy groups -OCH3 is 1. The van der Waals surface area contributed by atoms with Crippen LogP contribution in [0.5, 0.6) is 5.75 Å². The zero-order chi connectivity index (χ0) is 14.9. The van der Waals surface area contributed by atoms with Crippen molar-refractivity contribution in [2.75, 3.05) is 7.11 Å². The summed E-state index contributed by atoms with van der Waals surface area (Å²) in [6.07, 6.45) is -0.813. The minimum absolute atomic E-state index is 0.255. The molecule has 0 spiro atoms. The second kappa shape index (κ2) is 5.54. The molecular formula is C14H13ClO5. The molecule has 0 radical (unpaired) electrons. The summed E-state index contributed by atoms with van der Waals surface area (Å²) in [4.78, 5) is 22.7. The van der Waals surface area contributed by atoms with E-state index < -0.39 is 17.7 Å². The van der Waals surface area contributed by atoms with Gasteiger partial charge in [0.05, 0.1) is 12.1 Å². The van der Waals surface area contributed by atoms with Crippen LogP contribution in [0.2, 0.25) is 5.02 Å². The minimum Gasteiger partial charge on any atom is -0.477 e. The molecule has 1 aromatic carbocycles. The highest BCUT2D eigenvalue weighted by molar-refractivity contribution is 6.32. The largest absolute Gasteiger partial charge is 0.477 e. The molecule has 20 heavy (non-hydrogen) atoms. The van der Waals surface area contributed by atoms with Crippen molar-refractivity contribution in [3.8, 4) is 5.75 Å². The molecule has 5 nitrogen and oxygen atoms in total. The molecule has 0 saturated carbocycles. The number of aryl methyl sites for hydroxylation is 1. The first-order valence-electron chi connectivity index (χ1n) is 5.91. The van der Waals surface area contributed by atoms with Gasteiger partial charge in [-0.3, -0.25) is 0 Å². The number of fused-ring (bicyclic) bond motifs is 1. The zero-order valence-corrected chi connectivity index (χ0v) is 12.0. The highest BCUT2D eigenvalue weighted by Crippen LogP contribution is 2.31. The van der Waals surface area contributed by atoms with Gasteiger partial charge >= 0.3 is 11.6 Å². The number of benzene rings is 1. The molecule has 0 N–H and O–H groups in total. The van der Waals surface area contributed by atoms with Crippen LogP contribution in [0.25, 0.3) is 11.0 Å². The van der Waals surface area contributed by atoms with Gasteiger partial charge in [0.1, 0.15) is 11.3 Å². The zero-order valence-electron chi connectivity index (χ0n) is 11.2. The van der Waals surface area contributed by atoms with E-state index in [1.807, 2.05) is 0 Å². The highest BCUT2D eigenvalue weighted by Gasteiger charge is 2.17. The normalized spacial score (nSPS) is 12.2. The minimum atomic E-state index is -0.813. The smallest absolute Gasteiger partial charge is 0.346 e. The van der Waals surface area contributed by atoms with Crippen LogP contribution in [0.3, 0.4) is 0 Å². The van der Waals surface area contributed by atoms with Crippen LogP contribution >= 0.6 is 11.6 Å². The summed E-state index contributed by atoms with van der Waals surface area (Å²) < 4.78 is 15.1. The van der Waals surface area contributed by atoms with Gasteiger partial charge in [-0.05, 0) is 25.5 Å². The topological polar surface area (TPSA) is 65.7 Å². The van der Waals surface area contributed by atoms with Crippen LogP contribution in [0.1, 0.15) is 12.5 Å². The average molecular weight is 297 g/mol. The Morgan fingerprint density at radius 2 is 2.05 bits per heavy atom. The van der Waals surface area contributed by atoms with Crippen molar-refractivity contribution in [3.63, 3.8) is 0 Å². The number of halogens is 1. The molecule has 0 saturated heterocycles. The molecule has 0 aliphatic rings. The lowest BCUT2D eigenvalue weighted by Gasteiger charge is -2.14. The van der Waals surface area contributed by atoms with Crippen molar-refractivity contribution < 1.29 is 18.7 Å². The Morgan fingerprint density at radius 3 is 2.70 bits per heavy atom. The predicted molar refractivity (Wildman–Crippen MR) is 74.3 cm³/mol. The summed E-state index contributed by atoms with van der Waals surface area (Å²) in [5.41, 5.74) is 0.654. The molecule has 0 aliphatic heterocycles. The molecule has 1 aromatic heterocycles. The summed E-state index contributed by atoms with van der Waals surface area (Å²) in [7, 11) is 1.27. The summed E-state index contributed by atoms with van der Waals surface area (Å²) in [5.74, 6) is -0.266.